The van der Waals surface area contributed by atoms with Gasteiger partial charge in [0.25, 0.3) is 0 Å². The Labute approximate surface area is 150 Å². The molecule has 1 heteroatoms. The number of carbonyl (C=O) groups excluding carboxylic acids is 1. The van der Waals surface area contributed by atoms with Gasteiger partial charge in [0, 0.05) is 12.8 Å². The molecule has 4 aliphatic rings. The van der Waals surface area contributed by atoms with Crippen molar-refractivity contribution in [3.8, 4) is 0 Å². The summed E-state index contributed by atoms with van der Waals surface area (Å²) < 4.78 is 0. The van der Waals surface area contributed by atoms with Crippen molar-refractivity contribution in [1.82, 2.24) is 0 Å². The highest BCUT2D eigenvalue weighted by Crippen LogP contribution is 2.67. The molecule has 7 unspecified atom stereocenters. The summed E-state index contributed by atoms with van der Waals surface area (Å²) in [5.74, 6) is 5.14. The molecule has 0 spiro atoms. The molecule has 0 N–H and O–H groups in total. The number of hydrogen-bond donors (Lipinski definition) is 0. The second-order valence-corrected chi connectivity index (χ2v) is 9.63. The van der Waals surface area contributed by atoms with Crippen molar-refractivity contribution in [3.63, 3.8) is 0 Å². The van der Waals surface area contributed by atoms with E-state index in [4.69, 9.17) is 0 Å². The average Bonchev–Trinajstić information content (AvgIpc) is 2.93. The number of rotatable bonds is 1. The van der Waals surface area contributed by atoms with Crippen LogP contribution in [0, 0.1) is 40.4 Å². The lowest BCUT2D eigenvalue weighted by atomic mass is 9.45. The highest BCUT2D eigenvalue weighted by atomic mass is 16.1. The van der Waals surface area contributed by atoms with Crippen molar-refractivity contribution in [2.24, 2.45) is 40.4 Å². The minimum absolute atomic E-state index is 0.489. The summed E-state index contributed by atoms with van der Waals surface area (Å²) in [6, 6.07) is 0. The van der Waals surface area contributed by atoms with Gasteiger partial charge in [-0.05, 0) is 85.4 Å². The zero-order chi connectivity index (χ0) is 17.5. The maximum Gasteiger partial charge on any atom is 0.133 e. The minimum Gasteiger partial charge on any atom is -0.300 e. The first-order chi connectivity index (χ1) is 11.5. The number of fused-ring (bicyclic) bond motifs is 5. The topological polar surface area (TPSA) is 17.1 Å². The van der Waals surface area contributed by atoms with E-state index in [0.717, 1.165) is 36.5 Å². The van der Waals surface area contributed by atoms with Gasteiger partial charge in [-0.25, -0.2) is 0 Å². The summed E-state index contributed by atoms with van der Waals surface area (Å²) in [5, 5.41) is 0. The van der Waals surface area contributed by atoms with E-state index in [2.05, 4.69) is 20.8 Å². The van der Waals surface area contributed by atoms with Crippen LogP contribution in [-0.2, 0) is 4.79 Å². The number of carbonyl (C=O) groups is 1. The van der Waals surface area contributed by atoms with Crippen LogP contribution in [0.15, 0.2) is 0 Å². The summed E-state index contributed by atoms with van der Waals surface area (Å²) in [7, 11) is 0. The lowest BCUT2D eigenvalue weighted by Gasteiger charge is -2.60. The Bertz CT molecular complexity index is 469. The Balaban J connectivity index is 0.000000815. The monoisotopic (exact) mass is 332 g/mol. The molecule has 0 aromatic rings. The first-order valence-corrected chi connectivity index (χ1v) is 11.0. The highest BCUT2D eigenvalue weighted by Gasteiger charge is 2.59. The molecule has 0 aromatic carbocycles. The van der Waals surface area contributed by atoms with Gasteiger partial charge in [0.1, 0.15) is 5.78 Å². The number of ketones is 1. The summed E-state index contributed by atoms with van der Waals surface area (Å²) in [5.41, 5.74) is 1.13. The van der Waals surface area contributed by atoms with Crippen molar-refractivity contribution in [3.05, 3.63) is 0 Å². The third-order valence-corrected chi connectivity index (χ3v) is 9.17. The highest BCUT2D eigenvalue weighted by molar-refractivity contribution is 5.79. The van der Waals surface area contributed by atoms with Gasteiger partial charge < -0.3 is 0 Å². The van der Waals surface area contributed by atoms with Crippen molar-refractivity contribution >= 4 is 5.78 Å². The van der Waals surface area contributed by atoms with Crippen LogP contribution in [0.5, 0.6) is 0 Å². The van der Waals surface area contributed by atoms with Gasteiger partial charge in [-0.3, -0.25) is 4.79 Å². The average molecular weight is 333 g/mol. The van der Waals surface area contributed by atoms with E-state index in [9.17, 15) is 4.79 Å². The third kappa shape index (κ3) is 2.60. The summed E-state index contributed by atoms with van der Waals surface area (Å²) >= 11 is 0. The number of Topliss-reactive ketones (excluding diaryl/α,β-unsaturated/α-hetero) is 1. The second kappa shape index (κ2) is 6.76. The molecule has 0 bridgehead atoms. The van der Waals surface area contributed by atoms with Crippen LogP contribution < -0.4 is 0 Å². The smallest absolute Gasteiger partial charge is 0.133 e. The van der Waals surface area contributed by atoms with E-state index in [1.54, 1.807) is 0 Å². The molecule has 0 aromatic heterocycles. The standard InChI is InChI=1S/C21H34O.C2H6/c1-4-14-6-8-18-17-7-5-15-13-16(22)9-11-21(15,3)19(17)10-12-20(14,18)2;1-2/h14-15,17-19H,4-13H2,1-3H3;1-2H3. The van der Waals surface area contributed by atoms with Gasteiger partial charge in [-0.2, -0.15) is 0 Å². The van der Waals surface area contributed by atoms with E-state index < -0.39 is 0 Å². The minimum atomic E-state index is 0.489. The quantitative estimate of drug-likeness (QED) is 0.525. The van der Waals surface area contributed by atoms with Gasteiger partial charge >= 0.3 is 0 Å². The molecular weight excluding hydrogens is 292 g/mol. The van der Waals surface area contributed by atoms with Crippen LogP contribution in [0.2, 0.25) is 0 Å². The van der Waals surface area contributed by atoms with Crippen LogP contribution >= 0.6 is 0 Å². The molecule has 0 aliphatic heterocycles. The van der Waals surface area contributed by atoms with Gasteiger partial charge in [-0.15, -0.1) is 0 Å². The fraction of sp³-hybridized carbons (Fsp3) is 0.957. The fourth-order valence-electron chi connectivity index (χ4n) is 7.82. The molecule has 4 saturated carbocycles. The van der Waals surface area contributed by atoms with Crippen molar-refractivity contribution in [2.45, 2.75) is 98.8 Å². The van der Waals surface area contributed by atoms with E-state index >= 15 is 0 Å². The van der Waals surface area contributed by atoms with Crippen molar-refractivity contribution < 1.29 is 4.79 Å². The molecule has 0 heterocycles. The van der Waals surface area contributed by atoms with E-state index in [1.165, 1.54) is 51.4 Å². The maximum absolute atomic E-state index is 11.9. The molecule has 4 rings (SSSR count). The molecule has 1 nitrogen and oxygen atoms in total. The Kier molecular flexibility index (Phi) is 5.20. The lowest BCUT2D eigenvalue weighted by molar-refractivity contribution is -0.139. The Hall–Kier alpha value is -0.330. The maximum atomic E-state index is 11.9. The van der Waals surface area contributed by atoms with Crippen LogP contribution in [0.1, 0.15) is 98.8 Å². The van der Waals surface area contributed by atoms with E-state index in [1.807, 2.05) is 13.8 Å². The Morgan fingerprint density at radius 1 is 0.917 bits per heavy atom. The molecular formula is C23H40O. The normalized spacial score (nSPS) is 50.2. The molecule has 4 fully saturated rings. The van der Waals surface area contributed by atoms with Crippen LogP contribution in [-0.4, -0.2) is 5.78 Å². The summed E-state index contributed by atoms with van der Waals surface area (Å²) in [6.45, 7) is 11.6. The fourth-order valence-corrected chi connectivity index (χ4v) is 7.82. The van der Waals surface area contributed by atoms with Crippen LogP contribution in [0.25, 0.3) is 0 Å². The van der Waals surface area contributed by atoms with Gasteiger partial charge in [-0.1, -0.05) is 41.0 Å². The van der Waals surface area contributed by atoms with Gasteiger partial charge in [0.2, 0.25) is 0 Å². The second-order valence-electron chi connectivity index (χ2n) is 9.63. The van der Waals surface area contributed by atoms with Crippen LogP contribution in [0.4, 0.5) is 0 Å². The van der Waals surface area contributed by atoms with Crippen molar-refractivity contribution in [2.75, 3.05) is 0 Å². The van der Waals surface area contributed by atoms with E-state index in [-0.39, 0.29) is 0 Å². The zero-order valence-electron chi connectivity index (χ0n) is 16.9. The van der Waals surface area contributed by atoms with Gasteiger partial charge in [0.05, 0.1) is 0 Å². The molecule has 0 saturated heterocycles. The molecule has 7 atom stereocenters. The third-order valence-electron chi connectivity index (χ3n) is 9.17. The molecule has 4 aliphatic carbocycles. The Morgan fingerprint density at radius 3 is 2.33 bits per heavy atom. The zero-order valence-corrected chi connectivity index (χ0v) is 16.9. The van der Waals surface area contributed by atoms with Gasteiger partial charge in [0.15, 0.2) is 0 Å². The molecule has 0 radical (unpaired) electrons. The van der Waals surface area contributed by atoms with Crippen LogP contribution in [0.3, 0.4) is 0 Å². The first-order valence-electron chi connectivity index (χ1n) is 11.0. The van der Waals surface area contributed by atoms with Crippen molar-refractivity contribution in [1.29, 1.82) is 0 Å². The largest absolute Gasteiger partial charge is 0.300 e. The summed E-state index contributed by atoms with van der Waals surface area (Å²) in [4.78, 5) is 11.9. The number of hydrogen-bond acceptors (Lipinski definition) is 1. The predicted octanol–water partition coefficient (Wildman–Crippen LogP) is 6.65. The molecule has 0 amide bonds. The Morgan fingerprint density at radius 2 is 1.62 bits per heavy atom. The first kappa shape index (κ1) is 18.5. The predicted molar refractivity (Wildman–Crippen MR) is 102 cm³/mol. The van der Waals surface area contributed by atoms with E-state index in [0.29, 0.717) is 22.5 Å². The molecule has 138 valence electrons. The lowest BCUT2D eigenvalue weighted by Crippen LogP contribution is -2.53. The molecule has 24 heavy (non-hydrogen) atoms. The summed E-state index contributed by atoms with van der Waals surface area (Å²) in [6.07, 6.45) is 13.0. The SMILES string of the molecule is CC.CCC1CCC2C3CCC4CC(=O)CCC4(C)C3CCC12C.